The summed E-state index contributed by atoms with van der Waals surface area (Å²) < 4.78 is 46.2. The van der Waals surface area contributed by atoms with E-state index in [-0.39, 0.29) is 31.3 Å². The van der Waals surface area contributed by atoms with Gasteiger partial charge in [0.15, 0.2) is 5.78 Å². The maximum atomic E-state index is 13.7. The first-order chi connectivity index (χ1) is 14.6. The van der Waals surface area contributed by atoms with E-state index >= 15 is 0 Å². The third-order valence-corrected chi connectivity index (χ3v) is 5.29. The Morgan fingerprint density at radius 2 is 1.47 bits per heavy atom. The molecular weight excluding hydrogens is 513 g/mol. The Labute approximate surface area is 202 Å². The molecule has 0 unspecified atom stereocenters. The van der Waals surface area contributed by atoms with E-state index in [1.54, 1.807) is 20.8 Å². The van der Waals surface area contributed by atoms with Gasteiger partial charge in [-0.25, -0.2) is 4.79 Å². The number of carbonyl (C=O) groups is 2. The molecule has 0 spiro atoms. The molecule has 0 fully saturated rings. The lowest BCUT2D eigenvalue weighted by Gasteiger charge is -2.20. The zero-order valence-electron chi connectivity index (χ0n) is 16.8. The highest BCUT2D eigenvalue weighted by Crippen LogP contribution is 2.39. The summed E-state index contributed by atoms with van der Waals surface area (Å²) in [6.45, 7) is 4.94. The minimum atomic E-state index is -4.90. The van der Waals surface area contributed by atoms with Gasteiger partial charge in [-0.05, 0) is 62.7 Å². The fourth-order valence-electron chi connectivity index (χ4n) is 2.44. The largest absolute Gasteiger partial charge is 0.444 e. The smallest absolute Gasteiger partial charge is 0.417 e. The van der Waals surface area contributed by atoms with Crippen molar-refractivity contribution < 1.29 is 27.5 Å². The highest BCUT2D eigenvalue weighted by Gasteiger charge is 2.36. The summed E-state index contributed by atoms with van der Waals surface area (Å²) in [5.41, 5.74) is -2.68. The molecule has 172 valence electrons. The molecule has 2 rings (SSSR count). The van der Waals surface area contributed by atoms with Gasteiger partial charge >= 0.3 is 12.3 Å². The van der Waals surface area contributed by atoms with E-state index in [0.29, 0.717) is 6.08 Å². The molecule has 32 heavy (non-hydrogen) atoms. The van der Waals surface area contributed by atoms with Gasteiger partial charge in [0.25, 0.3) is 0 Å². The van der Waals surface area contributed by atoms with Crippen LogP contribution in [-0.4, -0.2) is 23.7 Å². The Kier molecular flexibility index (Phi) is 8.15. The number of hydrogen-bond acceptors (Lipinski definition) is 3. The number of rotatable bonds is 4. The number of alkyl halides is 3. The number of carbonyl (C=O) groups excluding carboxylic acids is 2. The lowest BCUT2D eigenvalue weighted by atomic mass is 10.0. The number of nitrogens with one attached hydrogen (secondary N) is 1. The SMILES string of the molecule is CC(C)(C)OC(=O)Nc1cc(C(=O)C=C(c2cc(Cl)c(Cl)c(Cl)c2)C(F)(F)F)ccc1Cl. The number of halogens is 7. The molecule has 0 saturated carbocycles. The third-order valence-electron chi connectivity index (χ3n) is 3.76. The molecule has 0 aliphatic carbocycles. The van der Waals surface area contributed by atoms with E-state index in [1.807, 2.05) is 0 Å². The van der Waals surface area contributed by atoms with Gasteiger partial charge in [0.05, 0.1) is 31.4 Å². The minimum absolute atomic E-state index is 0.00805. The van der Waals surface area contributed by atoms with Gasteiger partial charge in [0.1, 0.15) is 5.60 Å². The predicted molar refractivity (Wildman–Crippen MR) is 121 cm³/mol. The Morgan fingerprint density at radius 3 is 1.97 bits per heavy atom. The second kappa shape index (κ2) is 9.91. The molecular formula is C21H16Cl4F3NO3. The topological polar surface area (TPSA) is 55.4 Å². The average molecular weight is 529 g/mol. The van der Waals surface area contributed by atoms with E-state index in [9.17, 15) is 22.8 Å². The number of benzene rings is 2. The fraction of sp³-hybridized carbons (Fsp3) is 0.238. The lowest BCUT2D eigenvalue weighted by Crippen LogP contribution is -2.27. The van der Waals surface area contributed by atoms with Crippen LogP contribution in [0.25, 0.3) is 5.57 Å². The Hall–Kier alpha value is -1.93. The van der Waals surface area contributed by atoms with E-state index in [1.165, 1.54) is 12.1 Å². The first-order valence-electron chi connectivity index (χ1n) is 8.86. The molecule has 0 aliphatic heterocycles. The Morgan fingerprint density at radius 1 is 0.906 bits per heavy atom. The molecule has 4 nitrogen and oxygen atoms in total. The molecule has 0 saturated heterocycles. The second-order valence-electron chi connectivity index (χ2n) is 7.50. The van der Waals surface area contributed by atoms with Gasteiger partial charge in [-0.3, -0.25) is 10.1 Å². The van der Waals surface area contributed by atoms with Crippen LogP contribution in [0, 0.1) is 0 Å². The van der Waals surface area contributed by atoms with Crippen molar-refractivity contribution in [3.8, 4) is 0 Å². The van der Waals surface area contributed by atoms with Crippen LogP contribution in [0.2, 0.25) is 20.1 Å². The van der Waals surface area contributed by atoms with Gasteiger partial charge in [-0.1, -0.05) is 46.4 Å². The molecule has 0 bridgehead atoms. The second-order valence-corrected chi connectivity index (χ2v) is 9.09. The predicted octanol–water partition coefficient (Wildman–Crippen LogP) is 8.48. The summed E-state index contributed by atoms with van der Waals surface area (Å²) in [7, 11) is 0. The van der Waals surface area contributed by atoms with E-state index in [0.717, 1.165) is 18.2 Å². The van der Waals surface area contributed by atoms with E-state index in [4.69, 9.17) is 51.1 Å². The van der Waals surface area contributed by atoms with Gasteiger partial charge in [0.2, 0.25) is 0 Å². The standard InChI is InChI=1S/C21H16Cl4F3NO3/c1-20(2,3)32-19(31)29-16-8-10(4-5-13(16)22)17(30)9-12(21(26,27)28)11-6-14(23)18(25)15(24)7-11/h4-9H,1-3H3,(H,29,31). The van der Waals surface area contributed by atoms with Gasteiger partial charge < -0.3 is 4.74 Å². The molecule has 0 aliphatic rings. The van der Waals surface area contributed by atoms with Crippen molar-refractivity contribution in [3.63, 3.8) is 0 Å². The third kappa shape index (κ3) is 7.04. The summed E-state index contributed by atoms with van der Waals surface area (Å²) in [4.78, 5) is 24.6. The molecule has 1 N–H and O–H groups in total. The normalized spacial score (nSPS) is 12.5. The molecule has 2 aromatic rings. The maximum absolute atomic E-state index is 13.7. The van der Waals surface area contributed by atoms with Gasteiger partial charge in [-0.15, -0.1) is 0 Å². The van der Waals surface area contributed by atoms with Crippen LogP contribution in [0.3, 0.4) is 0 Å². The average Bonchev–Trinajstić information content (AvgIpc) is 2.62. The first kappa shape index (κ1) is 26.3. The molecule has 0 aromatic heterocycles. The number of hydrogen-bond donors (Lipinski definition) is 1. The number of ketones is 1. The van der Waals surface area contributed by atoms with Crippen molar-refractivity contribution in [2.75, 3.05) is 5.32 Å². The highest BCUT2D eigenvalue weighted by molar-refractivity contribution is 6.48. The van der Waals surface area contributed by atoms with E-state index in [2.05, 4.69) is 5.32 Å². The number of anilines is 1. The number of amides is 1. The molecule has 0 atom stereocenters. The van der Waals surface area contributed by atoms with E-state index < -0.39 is 34.8 Å². The van der Waals surface area contributed by atoms with Crippen molar-refractivity contribution in [2.45, 2.75) is 32.5 Å². The zero-order valence-corrected chi connectivity index (χ0v) is 19.9. The summed E-state index contributed by atoms with van der Waals surface area (Å²) in [6.07, 6.45) is -5.35. The zero-order chi connectivity index (χ0) is 24.4. The van der Waals surface area contributed by atoms with Crippen LogP contribution in [0.1, 0.15) is 36.7 Å². The number of ether oxygens (including phenoxy) is 1. The Bertz CT molecular complexity index is 1070. The Balaban J connectivity index is 2.44. The fourth-order valence-corrected chi connectivity index (χ4v) is 3.20. The summed E-state index contributed by atoms with van der Waals surface area (Å²) >= 11 is 23.5. The lowest BCUT2D eigenvalue weighted by molar-refractivity contribution is -0.0689. The monoisotopic (exact) mass is 527 g/mol. The van der Waals surface area contributed by atoms with Crippen molar-refractivity contribution in [1.82, 2.24) is 0 Å². The van der Waals surface area contributed by atoms with Crippen molar-refractivity contribution in [1.29, 1.82) is 0 Å². The molecule has 1 amide bonds. The van der Waals surface area contributed by atoms with Crippen LogP contribution < -0.4 is 5.32 Å². The quantitative estimate of drug-likeness (QED) is 0.246. The van der Waals surface area contributed by atoms with Crippen molar-refractivity contribution in [2.24, 2.45) is 0 Å². The van der Waals surface area contributed by atoms with Crippen LogP contribution in [0.15, 0.2) is 36.4 Å². The van der Waals surface area contributed by atoms with Gasteiger partial charge in [0, 0.05) is 5.56 Å². The minimum Gasteiger partial charge on any atom is -0.444 e. The van der Waals surface area contributed by atoms with Crippen LogP contribution in [0.5, 0.6) is 0 Å². The van der Waals surface area contributed by atoms with Crippen LogP contribution in [-0.2, 0) is 4.74 Å². The van der Waals surface area contributed by atoms with Crippen LogP contribution in [0.4, 0.5) is 23.7 Å². The molecule has 11 heteroatoms. The summed E-state index contributed by atoms with van der Waals surface area (Å²) in [5.74, 6) is -0.997. The molecule has 2 aromatic carbocycles. The molecule has 0 radical (unpaired) electrons. The summed E-state index contributed by atoms with van der Waals surface area (Å²) in [5, 5.41) is 1.91. The highest BCUT2D eigenvalue weighted by atomic mass is 35.5. The van der Waals surface area contributed by atoms with Crippen molar-refractivity contribution in [3.05, 3.63) is 67.6 Å². The van der Waals surface area contributed by atoms with Gasteiger partial charge in [-0.2, -0.15) is 13.2 Å². The van der Waals surface area contributed by atoms with Crippen LogP contribution >= 0.6 is 46.4 Å². The maximum Gasteiger partial charge on any atom is 0.417 e. The first-order valence-corrected chi connectivity index (χ1v) is 10.4. The van der Waals surface area contributed by atoms with Crippen molar-refractivity contribution >= 4 is 69.5 Å². The molecule has 0 heterocycles. The summed E-state index contributed by atoms with van der Waals surface area (Å²) in [6, 6.07) is 5.54. The number of allylic oxidation sites excluding steroid dienone is 2.